The fraction of sp³-hybridized carbons (Fsp3) is 0.500. The first-order valence-corrected chi connectivity index (χ1v) is 7.38. The maximum atomic E-state index is 12.4. The largest absolute Gasteiger partial charge is 0.316 e. The molecule has 0 radical (unpaired) electrons. The second-order valence-corrected chi connectivity index (χ2v) is 5.05. The number of nitrogens with zero attached hydrogens (tertiary/aromatic N) is 3. The molecule has 0 aliphatic heterocycles. The van der Waals surface area contributed by atoms with Crippen molar-refractivity contribution < 1.29 is 0 Å². The van der Waals surface area contributed by atoms with E-state index in [2.05, 4.69) is 28.7 Å². The Morgan fingerprint density at radius 2 is 2.15 bits per heavy atom. The van der Waals surface area contributed by atoms with Gasteiger partial charge in [-0.1, -0.05) is 13.8 Å². The van der Waals surface area contributed by atoms with Gasteiger partial charge < -0.3 is 9.88 Å². The van der Waals surface area contributed by atoms with Crippen LogP contribution in [0.1, 0.15) is 20.3 Å². The van der Waals surface area contributed by atoms with Gasteiger partial charge in [-0.3, -0.25) is 9.36 Å². The normalized spacial score (nSPS) is 11.3. The molecule has 1 N–H and O–H groups in total. The van der Waals surface area contributed by atoms with Crippen LogP contribution in [0.15, 0.2) is 23.1 Å². The number of H-pyrrole nitrogens is 1. The first-order valence-electron chi connectivity index (χ1n) is 6.97. The monoisotopic (exact) mass is 292 g/mol. The van der Waals surface area contributed by atoms with Crippen molar-refractivity contribution in [3.8, 4) is 0 Å². The summed E-state index contributed by atoms with van der Waals surface area (Å²) in [4.78, 5) is 21.9. The molecule has 2 aromatic rings. The molecule has 20 heavy (non-hydrogen) atoms. The number of aromatic nitrogens is 3. The molecule has 0 saturated carbocycles. The van der Waals surface area contributed by atoms with Crippen LogP contribution in [0.4, 0.5) is 0 Å². The Labute approximate surface area is 123 Å². The summed E-state index contributed by atoms with van der Waals surface area (Å²) in [5.41, 5.74) is 0.499. The van der Waals surface area contributed by atoms with Crippen molar-refractivity contribution in [2.24, 2.45) is 0 Å². The van der Waals surface area contributed by atoms with Crippen LogP contribution in [0.5, 0.6) is 0 Å². The third-order valence-corrected chi connectivity index (χ3v) is 3.83. The van der Waals surface area contributed by atoms with Gasteiger partial charge in [0.05, 0.1) is 5.39 Å². The lowest BCUT2D eigenvalue weighted by atomic mass is 10.3. The number of pyridine rings is 1. The molecule has 0 aliphatic rings. The highest BCUT2D eigenvalue weighted by molar-refractivity contribution is 7.71. The van der Waals surface area contributed by atoms with Crippen molar-refractivity contribution in [1.29, 1.82) is 0 Å². The molecule has 2 rings (SSSR count). The fourth-order valence-electron chi connectivity index (χ4n) is 2.28. The zero-order chi connectivity index (χ0) is 14.5. The minimum atomic E-state index is -0.0589. The Balaban J connectivity index is 2.22. The quantitative estimate of drug-likeness (QED) is 0.829. The Kier molecular flexibility index (Phi) is 5.03. The highest BCUT2D eigenvalue weighted by atomic mass is 32.1. The van der Waals surface area contributed by atoms with E-state index in [4.69, 9.17) is 12.2 Å². The van der Waals surface area contributed by atoms with Crippen LogP contribution in [-0.2, 0) is 6.54 Å². The van der Waals surface area contributed by atoms with Gasteiger partial charge in [0.2, 0.25) is 0 Å². The third kappa shape index (κ3) is 3.13. The van der Waals surface area contributed by atoms with E-state index in [1.807, 2.05) is 0 Å². The molecule has 0 saturated heterocycles. The molecule has 108 valence electrons. The van der Waals surface area contributed by atoms with Crippen LogP contribution in [0.25, 0.3) is 11.0 Å². The summed E-state index contributed by atoms with van der Waals surface area (Å²) in [7, 11) is 0. The van der Waals surface area contributed by atoms with Crippen LogP contribution in [0.2, 0.25) is 0 Å². The fourth-order valence-corrected chi connectivity index (χ4v) is 2.55. The summed E-state index contributed by atoms with van der Waals surface area (Å²) in [6.45, 7) is 7.95. The van der Waals surface area contributed by atoms with Gasteiger partial charge in [0.15, 0.2) is 4.77 Å². The number of fused-ring (bicyclic) bond motifs is 1. The predicted octanol–water partition coefficient (Wildman–Crippen LogP) is 2.19. The smallest absolute Gasteiger partial charge is 0.263 e. The van der Waals surface area contributed by atoms with E-state index in [1.165, 1.54) is 0 Å². The molecule has 0 aliphatic carbocycles. The average molecular weight is 292 g/mol. The Morgan fingerprint density at radius 3 is 2.85 bits per heavy atom. The van der Waals surface area contributed by atoms with Gasteiger partial charge >= 0.3 is 0 Å². The molecule has 0 atom stereocenters. The van der Waals surface area contributed by atoms with Gasteiger partial charge in [-0.05, 0) is 50.4 Å². The van der Waals surface area contributed by atoms with Crippen LogP contribution in [-0.4, -0.2) is 39.1 Å². The minimum Gasteiger partial charge on any atom is -0.316 e. The van der Waals surface area contributed by atoms with Crippen LogP contribution < -0.4 is 5.56 Å². The van der Waals surface area contributed by atoms with E-state index in [0.29, 0.717) is 22.3 Å². The van der Waals surface area contributed by atoms with Crippen LogP contribution >= 0.6 is 12.2 Å². The van der Waals surface area contributed by atoms with Gasteiger partial charge in [-0.25, -0.2) is 4.98 Å². The van der Waals surface area contributed by atoms with E-state index in [9.17, 15) is 4.79 Å². The molecule has 2 aromatic heterocycles. The molecule has 6 heteroatoms. The molecule has 2 heterocycles. The van der Waals surface area contributed by atoms with E-state index < -0.39 is 0 Å². The van der Waals surface area contributed by atoms with Crippen LogP contribution in [0, 0.1) is 4.77 Å². The van der Waals surface area contributed by atoms with E-state index in [1.54, 1.807) is 22.9 Å². The van der Waals surface area contributed by atoms with E-state index >= 15 is 0 Å². The van der Waals surface area contributed by atoms with Gasteiger partial charge in [-0.2, -0.15) is 0 Å². The first-order chi connectivity index (χ1) is 9.67. The summed E-state index contributed by atoms with van der Waals surface area (Å²) in [6.07, 6.45) is 2.56. The molecular formula is C14H20N4OS. The van der Waals surface area contributed by atoms with Crippen molar-refractivity contribution in [2.75, 3.05) is 19.6 Å². The molecule has 0 spiro atoms. The van der Waals surface area contributed by atoms with Gasteiger partial charge in [-0.15, -0.1) is 0 Å². The summed E-state index contributed by atoms with van der Waals surface area (Å²) in [6, 6.07) is 3.54. The Hall–Kier alpha value is -1.53. The Morgan fingerprint density at radius 1 is 1.40 bits per heavy atom. The minimum absolute atomic E-state index is 0.0589. The highest BCUT2D eigenvalue weighted by Gasteiger charge is 2.06. The first kappa shape index (κ1) is 14.9. The predicted molar refractivity (Wildman–Crippen MR) is 83.6 cm³/mol. The number of nitrogens with one attached hydrogen (secondary N) is 1. The summed E-state index contributed by atoms with van der Waals surface area (Å²) >= 11 is 5.26. The van der Waals surface area contributed by atoms with Gasteiger partial charge in [0.1, 0.15) is 5.65 Å². The highest BCUT2D eigenvalue weighted by Crippen LogP contribution is 2.03. The topological polar surface area (TPSA) is 53.9 Å². The summed E-state index contributed by atoms with van der Waals surface area (Å²) < 4.78 is 2.07. The van der Waals surface area contributed by atoms with E-state index in [-0.39, 0.29) is 5.56 Å². The average Bonchev–Trinajstić information content (AvgIpc) is 2.46. The summed E-state index contributed by atoms with van der Waals surface area (Å²) in [5.74, 6) is 0. The molecule has 0 unspecified atom stereocenters. The second-order valence-electron chi connectivity index (χ2n) is 4.67. The van der Waals surface area contributed by atoms with Crippen LogP contribution in [0.3, 0.4) is 0 Å². The van der Waals surface area contributed by atoms with Crippen molar-refractivity contribution in [3.63, 3.8) is 0 Å². The maximum Gasteiger partial charge on any atom is 0.263 e. The molecule has 0 aromatic carbocycles. The Bertz CT molecular complexity index is 687. The van der Waals surface area contributed by atoms with Crippen molar-refractivity contribution in [3.05, 3.63) is 33.5 Å². The molecule has 0 fully saturated rings. The van der Waals surface area contributed by atoms with Crippen molar-refractivity contribution in [2.45, 2.75) is 26.8 Å². The lowest BCUT2D eigenvalue weighted by Gasteiger charge is -2.18. The molecule has 0 bridgehead atoms. The zero-order valence-corrected chi connectivity index (χ0v) is 12.7. The molecular weight excluding hydrogens is 272 g/mol. The third-order valence-electron chi connectivity index (χ3n) is 3.50. The number of rotatable bonds is 6. The maximum absolute atomic E-state index is 12.4. The lowest BCUT2D eigenvalue weighted by molar-refractivity contribution is 0.292. The zero-order valence-electron chi connectivity index (χ0n) is 11.9. The molecule has 0 amide bonds. The lowest BCUT2D eigenvalue weighted by Crippen LogP contribution is -2.28. The van der Waals surface area contributed by atoms with Gasteiger partial charge in [0.25, 0.3) is 5.56 Å². The second kappa shape index (κ2) is 6.76. The van der Waals surface area contributed by atoms with Crippen molar-refractivity contribution >= 4 is 23.3 Å². The van der Waals surface area contributed by atoms with Gasteiger partial charge in [0, 0.05) is 12.7 Å². The standard InChI is InChI=1S/C14H20N4OS/c1-3-17(4-2)9-6-10-18-13(19)11-7-5-8-15-12(11)16-14(18)20/h5,7-8H,3-4,6,9-10H2,1-2H3,(H,15,16,20). The number of hydrogen-bond donors (Lipinski definition) is 1. The summed E-state index contributed by atoms with van der Waals surface area (Å²) in [5, 5.41) is 0.587. The SMILES string of the molecule is CCN(CC)CCCn1c(=S)[nH]c2ncccc2c1=O. The number of aromatic amines is 1. The number of hydrogen-bond acceptors (Lipinski definition) is 4. The van der Waals surface area contributed by atoms with Crippen molar-refractivity contribution in [1.82, 2.24) is 19.4 Å². The van der Waals surface area contributed by atoms with E-state index in [0.717, 1.165) is 26.1 Å². The molecule has 5 nitrogen and oxygen atoms in total.